The molecule has 0 saturated heterocycles. The molecular weight excluding hydrogens is 609 g/mol. The maximum absolute atomic E-state index is 14.3. The van der Waals surface area contributed by atoms with Crippen LogP contribution in [0.4, 0.5) is 15.8 Å². The minimum absolute atomic E-state index is 0.0126. The van der Waals surface area contributed by atoms with E-state index in [9.17, 15) is 18.8 Å². The Morgan fingerprint density at radius 1 is 0.733 bits per heavy atom. The zero-order chi connectivity index (χ0) is 31.6. The zero-order valence-electron chi connectivity index (χ0n) is 23.7. The number of hydrogen-bond donors (Lipinski definition) is 3. The molecule has 45 heavy (non-hydrogen) atoms. The Kier molecular flexibility index (Phi) is 10.4. The predicted molar refractivity (Wildman–Crippen MR) is 178 cm³/mol. The highest BCUT2D eigenvalue weighted by Gasteiger charge is 2.23. The zero-order valence-corrected chi connectivity index (χ0v) is 25.3. The number of hydrogen-bond acceptors (Lipinski definition) is 4. The SMILES string of the molecule is O=C(Nc1cccc(SC(C(=O)Nc2ccccc2F)c2ccccc2)c1)/C(=C\c1ccccc1Cl)NC(=O)c1ccccc1. The molecule has 5 aromatic rings. The number of para-hydroxylation sites is 1. The van der Waals surface area contributed by atoms with Crippen molar-refractivity contribution >= 4 is 58.5 Å². The van der Waals surface area contributed by atoms with Gasteiger partial charge in [-0.15, -0.1) is 11.8 Å². The molecule has 3 amide bonds. The molecule has 6 nitrogen and oxygen atoms in total. The minimum Gasteiger partial charge on any atom is -0.322 e. The van der Waals surface area contributed by atoms with E-state index >= 15 is 0 Å². The monoisotopic (exact) mass is 635 g/mol. The van der Waals surface area contributed by atoms with Crippen molar-refractivity contribution in [2.24, 2.45) is 0 Å². The lowest BCUT2D eigenvalue weighted by Crippen LogP contribution is -2.30. The van der Waals surface area contributed by atoms with E-state index in [-0.39, 0.29) is 11.4 Å². The number of halogens is 2. The molecule has 0 aliphatic carbocycles. The second-order valence-corrected chi connectivity index (χ2v) is 11.3. The van der Waals surface area contributed by atoms with Gasteiger partial charge in [-0.25, -0.2) is 4.39 Å². The van der Waals surface area contributed by atoms with Crippen LogP contribution in [0.1, 0.15) is 26.7 Å². The van der Waals surface area contributed by atoms with Crippen molar-refractivity contribution in [3.8, 4) is 0 Å². The number of anilines is 2. The topological polar surface area (TPSA) is 87.3 Å². The van der Waals surface area contributed by atoms with E-state index < -0.39 is 28.8 Å². The summed E-state index contributed by atoms with van der Waals surface area (Å²) < 4.78 is 14.3. The largest absolute Gasteiger partial charge is 0.322 e. The Labute approximate surface area is 269 Å². The molecule has 0 aliphatic heterocycles. The van der Waals surface area contributed by atoms with Crippen LogP contribution >= 0.6 is 23.4 Å². The van der Waals surface area contributed by atoms with Gasteiger partial charge in [-0.2, -0.15) is 0 Å². The van der Waals surface area contributed by atoms with Gasteiger partial charge in [0.2, 0.25) is 5.91 Å². The van der Waals surface area contributed by atoms with E-state index in [0.29, 0.717) is 26.7 Å². The molecule has 1 unspecified atom stereocenters. The summed E-state index contributed by atoms with van der Waals surface area (Å²) in [6.45, 7) is 0. The van der Waals surface area contributed by atoms with Crippen molar-refractivity contribution in [1.29, 1.82) is 0 Å². The van der Waals surface area contributed by atoms with Crippen LogP contribution in [0.2, 0.25) is 5.02 Å². The lowest BCUT2D eigenvalue weighted by Gasteiger charge is -2.18. The predicted octanol–water partition coefficient (Wildman–Crippen LogP) is 8.36. The fraction of sp³-hybridized carbons (Fsp3) is 0.0278. The Hall–Kier alpha value is -5.18. The molecule has 224 valence electrons. The Morgan fingerprint density at radius 2 is 1.40 bits per heavy atom. The molecule has 1 atom stereocenters. The Bertz CT molecular complexity index is 1850. The summed E-state index contributed by atoms with van der Waals surface area (Å²) in [4.78, 5) is 40.6. The quantitative estimate of drug-likeness (QED) is 0.106. The van der Waals surface area contributed by atoms with Crippen LogP contribution in [0.3, 0.4) is 0 Å². The van der Waals surface area contributed by atoms with Gasteiger partial charge in [-0.1, -0.05) is 96.5 Å². The van der Waals surface area contributed by atoms with Crippen molar-refractivity contribution < 1.29 is 18.8 Å². The molecule has 9 heteroatoms. The molecule has 0 heterocycles. The maximum Gasteiger partial charge on any atom is 0.272 e. The van der Waals surface area contributed by atoms with E-state index in [2.05, 4.69) is 16.0 Å². The molecule has 3 N–H and O–H groups in total. The van der Waals surface area contributed by atoms with Crippen LogP contribution in [0.15, 0.2) is 144 Å². The van der Waals surface area contributed by atoms with E-state index in [4.69, 9.17) is 11.6 Å². The van der Waals surface area contributed by atoms with E-state index in [1.165, 1.54) is 30.0 Å². The van der Waals surface area contributed by atoms with E-state index in [1.54, 1.807) is 84.9 Å². The van der Waals surface area contributed by atoms with Gasteiger partial charge in [0.05, 0.1) is 5.69 Å². The number of benzene rings is 5. The number of rotatable bonds is 10. The third kappa shape index (κ3) is 8.47. The fourth-order valence-electron chi connectivity index (χ4n) is 4.33. The van der Waals surface area contributed by atoms with Crippen LogP contribution in [-0.4, -0.2) is 17.7 Å². The molecule has 0 aromatic heterocycles. The molecule has 0 spiro atoms. The third-order valence-corrected chi connectivity index (χ3v) is 8.14. The summed E-state index contributed by atoms with van der Waals surface area (Å²) in [7, 11) is 0. The smallest absolute Gasteiger partial charge is 0.272 e. The summed E-state index contributed by atoms with van der Waals surface area (Å²) in [6, 6.07) is 37.6. The number of carbonyl (C=O) groups is 3. The van der Waals surface area contributed by atoms with Gasteiger partial charge in [0, 0.05) is 21.2 Å². The van der Waals surface area contributed by atoms with Crippen LogP contribution < -0.4 is 16.0 Å². The first kappa shape index (κ1) is 31.3. The standard InChI is InChI=1S/C36H27ClFN3O3S/c37-29-19-8-7-16-26(29)22-32(41-34(42)25-14-5-2-6-15-25)35(43)39-27-17-11-18-28(23-27)45-33(24-12-3-1-4-13-24)36(44)40-31-21-10-9-20-30(31)38/h1-23,33H,(H,39,43)(H,40,44)(H,41,42)/b32-22+. The highest BCUT2D eigenvalue weighted by atomic mass is 35.5. The first-order valence-corrected chi connectivity index (χ1v) is 15.1. The summed E-state index contributed by atoms with van der Waals surface area (Å²) in [6.07, 6.45) is 1.51. The molecule has 5 rings (SSSR count). The Morgan fingerprint density at radius 3 is 2.13 bits per heavy atom. The summed E-state index contributed by atoms with van der Waals surface area (Å²) >= 11 is 7.60. The van der Waals surface area contributed by atoms with Crippen molar-refractivity contribution in [1.82, 2.24) is 5.32 Å². The second kappa shape index (κ2) is 15.0. The molecular formula is C36H27ClFN3O3S. The van der Waals surface area contributed by atoms with Crippen LogP contribution in [0, 0.1) is 5.82 Å². The first-order chi connectivity index (χ1) is 21.9. The van der Waals surface area contributed by atoms with Crippen LogP contribution in [-0.2, 0) is 9.59 Å². The van der Waals surface area contributed by atoms with Crippen molar-refractivity contribution in [2.45, 2.75) is 10.1 Å². The molecule has 0 radical (unpaired) electrons. The van der Waals surface area contributed by atoms with Crippen molar-refractivity contribution in [2.75, 3.05) is 10.6 Å². The average Bonchev–Trinajstić information content (AvgIpc) is 3.06. The van der Waals surface area contributed by atoms with Gasteiger partial charge in [-0.05, 0) is 65.7 Å². The fourth-order valence-corrected chi connectivity index (χ4v) is 5.61. The Balaban J connectivity index is 1.38. The molecule has 0 fully saturated rings. The van der Waals surface area contributed by atoms with Gasteiger partial charge >= 0.3 is 0 Å². The second-order valence-electron chi connectivity index (χ2n) is 9.76. The summed E-state index contributed by atoms with van der Waals surface area (Å²) in [5.41, 5.74) is 2.16. The van der Waals surface area contributed by atoms with Crippen LogP contribution in [0.25, 0.3) is 6.08 Å². The minimum atomic E-state index is -0.724. The van der Waals surface area contributed by atoms with Gasteiger partial charge in [0.15, 0.2) is 0 Å². The number of nitrogens with one attached hydrogen (secondary N) is 3. The summed E-state index contributed by atoms with van der Waals surface area (Å²) in [5.74, 6) is -1.97. The molecule has 0 saturated carbocycles. The maximum atomic E-state index is 14.3. The highest BCUT2D eigenvalue weighted by Crippen LogP contribution is 2.37. The lowest BCUT2D eigenvalue weighted by atomic mass is 10.1. The van der Waals surface area contributed by atoms with E-state index in [1.807, 2.05) is 36.4 Å². The van der Waals surface area contributed by atoms with Gasteiger partial charge < -0.3 is 16.0 Å². The molecule has 0 bridgehead atoms. The molecule has 5 aromatic carbocycles. The van der Waals surface area contributed by atoms with E-state index in [0.717, 1.165) is 5.56 Å². The number of carbonyl (C=O) groups excluding carboxylic acids is 3. The normalized spacial score (nSPS) is 11.7. The van der Waals surface area contributed by atoms with Gasteiger partial charge in [-0.3, -0.25) is 14.4 Å². The lowest BCUT2D eigenvalue weighted by molar-refractivity contribution is -0.116. The number of thioether (sulfide) groups is 1. The average molecular weight is 636 g/mol. The molecule has 0 aliphatic rings. The number of amides is 3. The van der Waals surface area contributed by atoms with Crippen molar-refractivity contribution in [3.63, 3.8) is 0 Å². The highest BCUT2D eigenvalue weighted by molar-refractivity contribution is 8.00. The first-order valence-electron chi connectivity index (χ1n) is 13.9. The van der Waals surface area contributed by atoms with Gasteiger partial charge in [0.25, 0.3) is 11.8 Å². The summed E-state index contributed by atoms with van der Waals surface area (Å²) in [5, 5.41) is 7.92. The van der Waals surface area contributed by atoms with Crippen molar-refractivity contribution in [3.05, 3.63) is 167 Å². The van der Waals surface area contributed by atoms with Gasteiger partial charge in [0.1, 0.15) is 16.8 Å². The third-order valence-electron chi connectivity index (χ3n) is 6.55. The van der Waals surface area contributed by atoms with Crippen LogP contribution in [0.5, 0.6) is 0 Å².